The lowest BCUT2D eigenvalue weighted by Crippen LogP contribution is -2.33. The van der Waals surface area contributed by atoms with Gasteiger partial charge < -0.3 is 19.9 Å². The predicted octanol–water partition coefficient (Wildman–Crippen LogP) is 4.82. The molecule has 166 valence electrons. The van der Waals surface area contributed by atoms with Gasteiger partial charge in [-0.3, -0.25) is 4.98 Å². The van der Waals surface area contributed by atoms with Crippen LogP contribution in [0.1, 0.15) is 58.9 Å². The van der Waals surface area contributed by atoms with Gasteiger partial charge in [-0.25, -0.2) is 4.79 Å². The number of aromatic carboxylic acids is 1. The zero-order valence-electron chi connectivity index (χ0n) is 18.7. The number of aromatic nitrogens is 2. The van der Waals surface area contributed by atoms with E-state index >= 15 is 0 Å². The summed E-state index contributed by atoms with van der Waals surface area (Å²) >= 11 is 5.75. The Balaban J connectivity index is 1.80. The van der Waals surface area contributed by atoms with Crippen molar-refractivity contribution in [1.82, 2.24) is 19.8 Å². The number of aryl methyl sites for hydroxylation is 1. The van der Waals surface area contributed by atoms with E-state index in [4.69, 9.17) is 12.2 Å². The predicted molar refractivity (Wildman–Crippen MR) is 129 cm³/mol. The topological polar surface area (TPSA) is 70.4 Å². The van der Waals surface area contributed by atoms with Crippen LogP contribution in [0.15, 0.2) is 54.7 Å². The molecule has 0 aliphatic carbocycles. The minimum Gasteiger partial charge on any atom is -0.478 e. The van der Waals surface area contributed by atoms with Crippen molar-refractivity contribution in [3.05, 3.63) is 82.9 Å². The molecule has 2 N–H and O–H groups in total. The Bertz CT molecular complexity index is 1140. The first-order valence-electron chi connectivity index (χ1n) is 10.8. The standard InChI is InChI=1S/C25H28N4O2S/c1-15(2)14-28-23(22(27-25(28)32)21-7-5-6-12-26-21)20-13-16(3)29(17(20)4)19-10-8-18(9-11-19)24(30)31/h5-13,15,22-23H,14H2,1-4H3,(H,27,32)(H,30,31). The molecule has 0 bridgehead atoms. The van der Waals surface area contributed by atoms with Crippen LogP contribution in [0.25, 0.3) is 5.69 Å². The van der Waals surface area contributed by atoms with Crippen LogP contribution in [-0.2, 0) is 0 Å². The Hall–Kier alpha value is -3.19. The molecule has 0 saturated carbocycles. The molecule has 1 aliphatic rings. The molecule has 32 heavy (non-hydrogen) atoms. The summed E-state index contributed by atoms with van der Waals surface area (Å²) in [6.07, 6.45) is 1.81. The fraction of sp³-hybridized carbons (Fsp3) is 0.320. The molecule has 6 nitrogen and oxygen atoms in total. The van der Waals surface area contributed by atoms with Crippen LogP contribution in [0.5, 0.6) is 0 Å². The van der Waals surface area contributed by atoms with Crippen LogP contribution >= 0.6 is 12.2 Å². The maximum atomic E-state index is 11.2. The van der Waals surface area contributed by atoms with Gasteiger partial charge in [-0.1, -0.05) is 19.9 Å². The summed E-state index contributed by atoms with van der Waals surface area (Å²) in [5, 5.41) is 13.5. The van der Waals surface area contributed by atoms with Crippen molar-refractivity contribution >= 4 is 23.3 Å². The minimum absolute atomic E-state index is 0.0121. The lowest BCUT2D eigenvalue weighted by Gasteiger charge is -2.29. The number of hydrogen-bond acceptors (Lipinski definition) is 3. The van der Waals surface area contributed by atoms with Crippen molar-refractivity contribution in [3.8, 4) is 5.69 Å². The third-order valence-corrected chi connectivity index (χ3v) is 6.27. The van der Waals surface area contributed by atoms with Crippen LogP contribution in [0.3, 0.4) is 0 Å². The number of hydrogen-bond donors (Lipinski definition) is 2. The Morgan fingerprint density at radius 2 is 1.91 bits per heavy atom. The van der Waals surface area contributed by atoms with Gasteiger partial charge in [0, 0.05) is 29.8 Å². The number of carboxylic acids is 1. The van der Waals surface area contributed by atoms with E-state index in [1.54, 1.807) is 12.1 Å². The molecule has 0 amide bonds. The molecule has 7 heteroatoms. The molecular formula is C25H28N4O2S. The first-order chi connectivity index (χ1) is 15.3. The van der Waals surface area contributed by atoms with Gasteiger partial charge in [-0.15, -0.1) is 0 Å². The Morgan fingerprint density at radius 3 is 2.50 bits per heavy atom. The average molecular weight is 449 g/mol. The number of carbonyl (C=O) groups is 1. The van der Waals surface area contributed by atoms with Gasteiger partial charge in [-0.05, 0) is 80.0 Å². The molecule has 1 fully saturated rings. The zero-order chi connectivity index (χ0) is 23.0. The van der Waals surface area contributed by atoms with Crippen molar-refractivity contribution < 1.29 is 9.90 Å². The number of nitrogens with zero attached hydrogens (tertiary/aromatic N) is 3. The molecule has 0 radical (unpaired) electrons. The van der Waals surface area contributed by atoms with Crippen molar-refractivity contribution in [2.75, 3.05) is 6.54 Å². The van der Waals surface area contributed by atoms with Crippen molar-refractivity contribution in [2.24, 2.45) is 5.92 Å². The Morgan fingerprint density at radius 1 is 1.19 bits per heavy atom. The van der Waals surface area contributed by atoms with E-state index in [9.17, 15) is 9.90 Å². The van der Waals surface area contributed by atoms with Crippen molar-refractivity contribution in [2.45, 2.75) is 39.8 Å². The molecule has 3 aromatic rings. The first kappa shape index (κ1) is 22.0. The second kappa shape index (κ2) is 8.74. The van der Waals surface area contributed by atoms with E-state index < -0.39 is 5.97 Å². The largest absolute Gasteiger partial charge is 0.478 e. The fourth-order valence-corrected chi connectivity index (χ4v) is 4.89. The Labute approximate surface area is 193 Å². The highest BCUT2D eigenvalue weighted by Crippen LogP contribution is 2.41. The van der Waals surface area contributed by atoms with Crippen LogP contribution in [0, 0.1) is 19.8 Å². The molecule has 3 heterocycles. The molecule has 0 spiro atoms. The van der Waals surface area contributed by atoms with Crippen LogP contribution in [0.2, 0.25) is 0 Å². The molecule has 4 rings (SSSR count). The van der Waals surface area contributed by atoms with Crippen LogP contribution in [0.4, 0.5) is 0 Å². The van der Waals surface area contributed by atoms with Crippen LogP contribution < -0.4 is 5.32 Å². The van der Waals surface area contributed by atoms with Gasteiger partial charge >= 0.3 is 5.97 Å². The second-order valence-corrected chi connectivity index (χ2v) is 9.07. The van der Waals surface area contributed by atoms with Crippen LogP contribution in [-0.4, -0.2) is 37.2 Å². The van der Waals surface area contributed by atoms with E-state index in [-0.39, 0.29) is 17.6 Å². The highest BCUT2D eigenvalue weighted by molar-refractivity contribution is 7.80. The van der Waals surface area contributed by atoms with Gasteiger partial charge in [0.15, 0.2) is 5.11 Å². The smallest absolute Gasteiger partial charge is 0.335 e. The maximum absolute atomic E-state index is 11.2. The van der Waals surface area contributed by atoms with Gasteiger partial charge in [-0.2, -0.15) is 0 Å². The lowest BCUT2D eigenvalue weighted by molar-refractivity contribution is 0.0697. The number of rotatable bonds is 6. The van der Waals surface area contributed by atoms with E-state index in [0.717, 1.165) is 34.4 Å². The molecule has 1 aliphatic heterocycles. The number of carboxylic acid groups (broad SMARTS) is 1. The lowest BCUT2D eigenvalue weighted by atomic mass is 9.96. The van der Waals surface area contributed by atoms with Gasteiger partial charge in [0.1, 0.15) is 0 Å². The molecule has 2 atom stereocenters. The van der Waals surface area contributed by atoms with Gasteiger partial charge in [0.05, 0.1) is 23.3 Å². The first-order valence-corrected chi connectivity index (χ1v) is 11.2. The molecular weight excluding hydrogens is 420 g/mol. The number of benzene rings is 1. The number of nitrogens with one attached hydrogen (secondary N) is 1. The van der Waals surface area contributed by atoms with E-state index in [0.29, 0.717) is 5.92 Å². The normalized spacial score (nSPS) is 18.3. The highest BCUT2D eigenvalue weighted by Gasteiger charge is 2.41. The Kier molecular flexibility index (Phi) is 6.02. The molecule has 2 unspecified atom stereocenters. The summed E-state index contributed by atoms with van der Waals surface area (Å²) in [5.41, 5.74) is 5.56. The summed E-state index contributed by atoms with van der Waals surface area (Å²) in [6, 6.07) is 15.1. The van der Waals surface area contributed by atoms with E-state index in [1.807, 2.05) is 36.5 Å². The quantitative estimate of drug-likeness (QED) is 0.527. The third-order valence-electron chi connectivity index (χ3n) is 5.92. The van der Waals surface area contributed by atoms with Gasteiger partial charge in [0.2, 0.25) is 0 Å². The third kappa shape index (κ3) is 4.00. The van der Waals surface area contributed by atoms with Gasteiger partial charge in [0.25, 0.3) is 0 Å². The summed E-state index contributed by atoms with van der Waals surface area (Å²) in [5.74, 6) is -0.474. The SMILES string of the molecule is Cc1cc(C2C(c3ccccn3)NC(=S)N2CC(C)C)c(C)n1-c1ccc(C(=O)O)cc1. The monoisotopic (exact) mass is 448 g/mol. The summed E-state index contributed by atoms with van der Waals surface area (Å²) in [6.45, 7) is 9.42. The maximum Gasteiger partial charge on any atom is 0.335 e. The number of thiocarbonyl (C=S) groups is 1. The second-order valence-electron chi connectivity index (χ2n) is 8.69. The average Bonchev–Trinajstić information content (AvgIpc) is 3.23. The minimum atomic E-state index is -0.925. The highest BCUT2D eigenvalue weighted by atomic mass is 32.1. The summed E-state index contributed by atoms with van der Waals surface area (Å²) in [4.78, 5) is 18.1. The van der Waals surface area contributed by atoms with E-state index in [2.05, 4.69) is 53.5 Å². The molecule has 2 aromatic heterocycles. The fourth-order valence-electron chi connectivity index (χ4n) is 4.57. The molecule has 1 saturated heterocycles. The van der Waals surface area contributed by atoms with Crippen molar-refractivity contribution in [3.63, 3.8) is 0 Å². The molecule has 1 aromatic carbocycles. The zero-order valence-corrected chi connectivity index (χ0v) is 19.6. The number of pyridine rings is 1. The van der Waals surface area contributed by atoms with Crippen molar-refractivity contribution in [1.29, 1.82) is 0 Å². The summed E-state index contributed by atoms with van der Waals surface area (Å²) in [7, 11) is 0. The van der Waals surface area contributed by atoms with E-state index in [1.165, 1.54) is 5.56 Å². The summed E-state index contributed by atoms with van der Waals surface area (Å²) < 4.78 is 2.17.